The van der Waals surface area contributed by atoms with Gasteiger partial charge < -0.3 is 10.1 Å². The third-order valence-electron chi connectivity index (χ3n) is 2.31. The standard InChI is InChI=1S/C14H16N2O/c1-2-15-13-9-6-10-14(16-13)17-11-12-7-4-3-5-8-12/h3-10H,2,11H2,1H3,(H,15,16). The highest BCUT2D eigenvalue weighted by Gasteiger charge is 1.98. The number of nitrogens with one attached hydrogen (secondary N) is 1. The smallest absolute Gasteiger partial charge is 0.215 e. The van der Waals surface area contributed by atoms with Crippen molar-refractivity contribution in [1.82, 2.24) is 4.98 Å². The molecule has 88 valence electrons. The van der Waals surface area contributed by atoms with E-state index in [-0.39, 0.29) is 0 Å². The van der Waals surface area contributed by atoms with E-state index in [0.717, 1.165) is 17.9 Å². The van der Waals surface area contributed by atoms with Crippen molar-refractivity contribution in [1.29, 1.82) is 0 Å². The molecule has 3 nitrogen and oxygen atoms in total. The maximum absolute atomic E-state index is 5.63. The molecule has 0 aliphatic carbocycles. The van der Waals surface area contributed by atoms with Gasteiger partial charge in [-0.15, -0.1) is 0 Å². The average molecular weight is 228 g/mol. The summed E-state index contributed by atoms with van der Waals surface area (Å²) in [5.41, 5.74) is 1.14. The largest absolute Gasteiger partial charge is 0.473 e. The van der Waals surface area contributed by atoms with E-state index in [2.05, 4.69) is 10.3 Å². The lowest BCUT2D eigenvalue weighted by Crippen LogP contribution is -2.01. The zero-order valence-electron chi connectivity index (χ0n) is 9.89. The molecule has 1 heterocycles. The van der Waals surface area contributed by atoms with Gasteiger partial charge in [-0.2, -0.15) is 4.98 Å². The quantitative estimate of drug-likeness (QED) is 0.853. The summed E-state index contributed by atoms with van der Waals surface area (Å²) in [4.78, 5) is 4.34. The second-order valence-corrected chi connectivity index (χ2v) is 3.67. The molecule has 1 aromatic carbocycles. The zero-order chi connectivity index (χ0) is 11.9. The first kappa shape index (κ1) is 11.5. The number of benzene rings is 1. The fourth-order valence-electron chi connectivity index (χ4n) is 1.51. The number of aromatic nitrogens is 1. The summed E-state index contributed by atoms with van der Waals surface area (Å²) in [5.74, 6) is 1.49. The molecular formula is C14H16N2O. The molecule has 0 saturated heterocycles. The molecule has 1 N–H and O–H groups in total. The van der Waals surface area contributed by atoms with Crippen LogP contribution in [0.1, 0.15) is 12.5 Å². The van der Waals surface area contributed by atoms with E-state index < -0.39 is 0 Å². The van der Waals surface area contributed by atoms with E-state index in [1.807, 2.05) is 55.5 Å². The molecule has 0 radical (unpaired) electrons. The average Bonchev–Trinajstić information content (AvgIpc) is 2.39. The van der Waals surface area contributed by atoms with Crippen LogP contribution in [-0.4, -0.2) is 11.5 Å². The summed E-state index contributed by atoms with van der Waals surface area (Å²) in [6.45, 7) is 3.44. The molecule has 0 amide bonds. The van der Waals surface area contributed by atoms with Crippen molar-refractivity contribution in [2.45, 2.75) is 13.5 Å². The summed E-state index contributed by atoms with van der Waals surface area (Å²) in [5, 5.41) is 3.15. The Labute approximate surface area is 101 Å². The molecule has 0 unspecified atom stereocenters. The number of anilines is 1. The molecule has 3 heteroatoms. The van der Waals surface area contributed by atoms with E-state index in [1.54, 1.807) is 0 Å². The van der Waals surface area contributed by atoms with Crippen LogP contribution in [0, 0.1) is 0 Å². The Morgan fingerprint density at radius 3 is 2.65 bits per heavy atom. The van der Waals surface area contributed by atoms with Crippen molar-refractivity contribution in [2.75, 3.05) is 11.9 Å². The van der Waals surface area contributed by atoms with Crippen LogP contribution in [-0.2, 0) is 6.61 Å². The number of pyridine rings is 1. The lowest BCUT2D eigenvalue weighted by molar-refractivity contribution is 0.294. The zero-order valence-corrected chi connectivity index (χ0v) is 9.89. The van der Waals surface area contributed by atoms with Crippen LogP contribution in [0.25, 0.3) is 0 Å². The predicted molar refractivity (Wildman–Crippen MR) is 69.2 cm³/mol. The third kappa shape index (κ3) is 3.48. The molecule has 0 aliphatic heterocycles. The van der Waals surface area contributed by atoms with Crippen LogP contribution < -0.4 is 10.1 Å². The molecule has 0 aliphatic rings. The topological polar surface area (TPSA) is 34.1 Å². The van der Waals surface area contributed by atoms with Crippen LogP contribution >= 0.6 is 0 Å². The molecule has 0 atom stereocenters. The highest BCUT2D eigenvalue weighted by atomic mass is 16.5. The molecule has 2 aromatic rings. The van der Waals surface area contributed by atoms with Gasteiger partial charge in [0.1, 0.15) is 12.4 Å². The van der Waals surface area contributed by atoms with Crippen LogP contribution in [0.5, 0.6) is 5.88 Å². The van der Waals surface area contributed by atoms with Crippen molar-refractivity contribution in [3.63, 3.8) is 0 Å². The van der Waals surface area contributed by atoms with Crippen LogP contribution in [0.3, 0.4) is 0 Å². The Hall–Kier alpha value is -2.03. The molecule has 1 aromatic heterocycles. The number of hydrogen-bond acceptors (Lipinski definition) is 3. The van der Waals surface area contributed by atoms with Crippen molar-refractivity contribution in [3.8, 4) is 5.88 Å². The molecule has 2 rings (SSSR count). The van der Waals surface area contributed by atoms with Crippen molar-refractivity contribution >= 4 is 5.82 Å². The van der Waals surface area contributed by atoms with Gasteiger partial charge in [-0.3, -0.25) is 0 Å². The van der Waals surface area contributed by atoms with Gasteiger partial charge in [0.2, 0.25) is 5.88 Å². The minimum Gasteiger partial charge on any atom is -0.473 e. The third-order valence-corrected chi connectivity index (χ3v) is 2.31. The van der Waals surface area contributed by atoms with Gasteiger partial charge in [0.25, 0.3) is 0 Å². The summed E-state index contributed by atoms with van der Waals surface area (Å²) in [6.07, 6.45) is 0. The first-order chi connectivity index (χ1) is 8.38. The van der Waals surface area contributed by atoms with Gasteiger partial charge in [0.15, 0.2) is 0 Å². The number of hydrogen-bond donors (Lipinski definition) is 1. The SMILES string of the molecule is CCNc1cccc(OCc2ccccc2)n1. The summed E-state index contributed by atoms with van der Waals surface area (Å²) in [6, 6.07) is 15.8. The van der Waals surface area contributed by atoms with Gasteiger partial charge in [0, 0.05) is 12.6 Å². The van der Waals surface area contributed by atoms with Gasteiger partial charge in [-0.05, 0) is 18.6 Å². The second kappa shape index (κ2) is 5.89. The molecule has 0 fully saturated rings. The highest BCUT2D eigenvalue weighted by Crippen LogP contribution is 2.13. The first-order valence-corrected chi connectivity index (χ1v) is 5.76. The van der Waals surface area contributed by atoms with E-state index in [9.17, 15) is 0 Å². The molecule has 17 heavy (non-hydrogen) atoms. The number of ether oxygens (including phenoxy) is 1. The van der Waals surface area contributed by atoms with Crippen LogP contribution in [0.15, 0.2) is 48.5 Å². The molecule has 0 saturated carbocycles. The van der Waals surface area contributed by atoms with E-state index in [0.29, 0.717) is 12.5 Å². The fraction of sp³-hybridized carbons (Fsp3) is 0.214. The summed E-state index contributed by atoms with van der Waals surface area (Å²) < 4.78 is 5.63. The van der Waals surface area contributed by atoms with E-state index in [4.69, 9.17) is 4.74 Å². The highest BCUT2D eigenvalue weighted by molar-refractivity contribution is 5.36. The van der Waals surface area contributed by atoms with Gasteiger partial charge in [-0.1, -0.05) is 36.4 Å². The van der Waals surface area contributed by atoms with Gasteiger partial charge >= 0.3 is 0 Å². The fourth-order valence-corrected chi connectivity index (χ4v) is 1.51. The number of nitrogens with zero attached hydrogens (tertiary/aromatic N) is 1. The Morgan fingerprint density at radius 2 is 1.88 bits per heavy atom. The lowest BCUT2D eigenvalue weighted by Gasteiger charge is -2.07. The Bertz CT molecular complexity index is 457. The van der Waals surface area contributed by atoms with Gasteiger partial charge in [0.05, 0.1) is 0 Å². The first-order valence-electron chi connectivity index (χ1n) is 5.76. The lowest BCUT2D eigenvalue weighted by atomic mass is 10.2. The van der Waals surface area contributed by atoms with Crippen LogP contribution in [0.2, 0.25) is 0 Å². The van der Waals surface area contributed by atoms with Crippen molar-refractivity contribution in [2.24, 2.45) is 0 Å². The normalized spacial score (nSPS) is 9.94. The second-order valence-electron chi connectivity index (χ2n) is 3.67. The van der Waals surface area contributed by atoms with E-state index >= 15 is 0 Å². The van der Waals surface area contributed by atoms with Crippen molar-refractivity contribution < 1.29 is 4.74 Å². The minimum atomic E-state index is 0.545. The molecule has 0 bridgehead atoms. The molecule has 0 spiro atoms. The molecular weight excluding hydrogens is 212 g/mol. The Balaban J connectivity index is 1.97. The number of rotatable bonds is 5. The predicted octanol–water partition coefficient (Wildman–Crippen LogP) is 3.09. The van der Waals surface area contributed by atoms with Gasteiger partial charge in [-0.25, -0.2) is 0 Å². The van der Waals surface area contributed by atoms with E-state index in [1.165, 1.54) is 0 Å². The monoisotopic (exact) mass is 228 g/mol. The maximum Gasteiger partial charge on any atom is 0.215 e. The summed E-state index contributed by atoms with van der Waals surface area (Å²) >= 11 is 0. The maximum atomic E-state index is 5.63. The summed E-state index contributed by atoms with van der Waals surface area (Å²) in [7, 11) is 0. The Morgan fingerprint density at radius 1 is 1.06 bits per heavy atom. The van der Waals surface area contributed by atoms with Crippen LogP contribution in [0.4, 0.5) is 5.82 Å². The minimum absolute atomic E-state index is 0.545. The van der Waals surface area contributed by atoms with Crippen molar-refractivity contribution in [3.05, 3.63) is 54.1 Å². The Kier molecular flexibility index (Phi) is 3.97.